The molecule has 2 aliphatic rings. The molecule has 6 aromatic rings. The maximum absolute atomic E-state index is 16.0. The molecule has 8 rings (SSSR count). The Bertz CT molecular complexity index is 2830. The number of hydrogen-bond acceptors (Lipinski definition) is 12. The van der Waals surface area contributed by atoms with Crippen LogP contribution in [0.4, 0.5) is 5.82 Å². The van der Waals surface area contributed by atoms with Crippen molar-refractivity contribution in [2.24, 2.45) is 0 Å². The van der Waals surface area contributed by atoms with Crippen molar-refractivity contribution in [1.82, 2.24) is 19.1 Å². The van der Waals surface area contributed by atoms with Crippen LogP contribution in [0, 0.1) is 0 Å². The summed E-state index contributed by atoms with van der Waals surface area (Å²) in [6.07, 6.45) is -0.0575. The van der Waals surface area contributed by atoms with Crippen LogP contribution in [0.25, 0.3) is 0 Å². The van der Waals surface area contributed by atoms with Gasteiger partial charge in [0.15, 0.2) is 0 Å². The second kappa shape index (κ2) is 23.5. The zero-order valence-corrected chi connectivity index (χ0v) is 43.2. The SMILES string of the molecule is COc1ccc(C(=O)N2CCC[C@H]2COP(=O)(O[C@H]2C[C@H](n3ccc(NC(=O)c4ccccc4)nc3=O)O[C@@H]2COC(c2ccccc2)(c2ccc(OC)cc2)c2ccc(OC)cc2)N(C(C)C)C(C)C)cc1. The number of benzene rings is 5. The van der Waals surface area contributed by atoms with E-state index >= 15 is 4.57 Å². The van der Waals surface area contributed by atoms with Gasteiger partial charge >= 0.3 is 13.4 Å². The van der Waals surface area contributed by atoms with Crippen LogP contribution in [0.2, 0.25) is 0 Å². The van der Waals surface area contributed by atoms with Crippen molar-refractivity contribution in [3.8, 4) is 17.2 Å². The van der Waals surface area contributed by atoms with Crippen LogP contribution < -0.4 is 25.2 Å². The molecule has 0 radical (unpaired) electrons. The van der Waals surface area contributed by atoms with Crippen LogP contribution in [-0.2, 0) is 28.7 Å². The van der Waals surface area contributed by atoms with E-state index in [0.29, 0.717) is 41.3 Å². The number of carbonyl (C=O) groups excluding carboxylic acids is 2. The normalized spacial score (nSPS) is 18.7. The molecule has 5 atom stereocenters. The number of amides is 2. The van der Waals surface area contributed by atoms with Gasteiger partial charge < -0.3 is 33.9 Å². The molecule has 0 bridgehead atoms. The standard InChI is InChI=1S/C56H64N5O11P/c1-38(2)61(39(3)4)73(65,70-36-45-19-14-33-59(45)54(63)41-20-26-46(66-5)27-21-41)72-49-35-52(60-34-32-51(58-55(60)64)57-53(62)40-15-10-8-11-16-40)71-50(49)37-69-56(42-17-12-9-13-18-42,43-22-28-47(67-6)29-23-43)44-24-30-48(68-7)31-25-44/h8-13,15-18,20-32,34,38-39,45,49-50,52H,14,19,33,35-37H2,1-7H3,(H,57,58,62,64)/t45-,49-,50+,52+,73?/m0/s1. The predicted molar refractivity (Wildman–Crippen MR) is 277 cm³/mol. The van der Waals surface area contributed by atoms with Crippen molar-refractivity contribution in [3.05, 3.63) is 184 Å². The van der Waals surface area contributed by atoms with E-state index in [0.717, 1.165) is 23.1 Å². The zero-order chi connectivity index (χ0) is 51.7. The number of carbonyl (C=O) groups is 2. The van der Waals surface area contributed by atoms with Crippen LogP contribution in [0.3, 0.4) is 0 Å². The summed E-state index contributed by atoms with van der Waals surface area (Å²) < 4.78 is 63.2. The molecule has 16 nitrogen and oxygen atoms in total. The lowest BCUT2D eigenvalue weighted by molar-refractivity contribution is -0.0939. The van der Waals surface area contributed by atoms with E-state index in [2.05, 4.69) is 10.3 Å². The van der Waals surface area contributed by atoms with Crippen molar-refractivity contribution in [1.29, 1.82) is 0 Å². The first-order valence-electron chi connectivity index (χ1n) is 24.5. The summed E-state index contributed by atoms with van der Waals surface area (Å²) in [6, 6.07) is 41.1. The molecule has 0 saturated carbocycles. The first-order chi connectivity index (χ1) is 35.3. The van der Waals surface area contributed by atoms with Crippen molar-refractivity contribution >= 4 is 25.4 Å². The molecule has 0 spiro atoms. The minimum Gasteiger partial charge on any atom is -0.497 e. The highest BCUT2D eigenvalue weighted by Gasteiger charge is 2.49. The third-order valence-electron chi connectivity index (χ3n) is 13.3. The van der Waals surface area contributed by atoms with Crippen molar-refractivity contribution < 1.29 is 46.9 Å². The van der Waals surface area contributed by atoms with Crippen LogP contribution in [0.15, 0.2) is 151 Å². The number of rotatable bonds is 21. The molecule has 1 N–H and O–H groups in total. The topological polar surface area (TPSA) is 169 Å². The van der Waals surface area contributed by atoms with Gasteiger partial charge in [-0.25, -0.2) is 14.0 Å². The minimum atomic E-state index is -4.29. The first kappa shape index (κ1) is 52.7. The molecule has 73 heavy (non-hydrogen) atoms. The lowest BCUT2D eigenvalue weighted by Gasteiger charge is -2.39. The van der Waals surface area contributed by atoms with E-state index in [1.807, 2.05) is 107 Å². The molecule has 384 valence electrons. The number of likely N-dealkylation sites (tertiary alicyclic amines) is 1. The fraction of sp³-hybridized carbons (Fsp3) is 0.357. The Kier molecular flexibility index (Phi) is 16.9. The molecule has 1 unspecified atom stereocenters. The lowest BCUT2D eigenvalue weighted by Crippen LogP contribution is -2.42. The summed E-state index contributed by atoms with van der Waals surface area (Å²) in [5.41, 5.74) is 1.29. The monoisotopic (exact) mass is 1010 g/mol. The van der Waals surface area contributed by atoms with E-state index in [4.69, 9.17) is 32.7 Å². The van der Waals surface area contributed by atoms with Crippen LogP contribution >= 0.6 is 7.75 Å². The van der Waals surface area contributed by atoms with Gasteiger partial charge in [-0.1, -0.05) is 72.8 Å². The summed E-state index contributed by atoms with van der Waals surface area (Å²) in [6.45, 7) is 7.97. The maximum atomic E-state index is 16.0. The Labute approximate surface area is 426 Å². The van der Waals surface area contributed by atoms with E-state index in [-0.39, 0.29) is 43.4 Å². The van der Waals surface area contributed by atoms with Crippen LogP contribution in [0.5, 0.6) is 17.2 Å². The van der Waals surface area contributed by atoms with Gasteiger partial charge in [0.25, 0.3) is 11.8 Å². The summed E-state index contributed by atoms with van der Waals surface area (Å²) in [5, 5.41) is 2.70. The maximum Gasteiger partial charge on any atom is 0.409 e. The molecular formula is C56H64N5O11P. The Morgan fingerprint density at radius 3 is 1.84 bits per heavy atom. The molecule has 2 fully saturated rings. The number of aromatic nitrogens is 2. The summed E-state index contributed by atoms with van der Waals surface area (Å²) in [5.74, 6) is 1.41. The fourth-order valence-corrected chi connectivity index (χ4v) is 12.1. The third kappa shape index (κ3) is 11.8. The number of nitrogens with one attached hydrogen (secondary N) is 1. The largest absolute Gasteiger partial charge is 0.497 e. The Hall–Kier alpha value is -6.65. The average Bonchev–Trinajstić information content (AvgIpc) is 4.05. The molecule has 17 heteroatoms. The van der Waals surface area contributed by atoms with Crippen molar-refractivity contribution in [2.75, 3.05) is 46.4 Å². The third-order valence-corrected chi connectivity index (χ3v) is 15.8. The van der Waals surface area contributed by atoms with Crippen LogP contribution in [0.1, 0.15) is 90.6 Å². The molecule has 2 amide bonds. The van der Waals surface area contributed by atoms with Gasteiger partial charge in [0.1, 0.15) is 47.1 Å². The summed E-state index contributed by atoms with van der Waals surface area (Å²) in [7, 11) is 0.493. The Morgan fingerprint density at radius 2 is 1.29 bits per heavy atom. The van der Waals surface area contributed by atoms with E-state index in [1.54, 1.807) is 85.5 Å². The van der Waals surface area contributed by atoms with E-state index in [9.17, 15) is 14.4 Å². The summed E-state index contributed by atoms with van der Waals surface area (Å²) in [4.78, 5) is 46.9. The lowest BCUT2D eigenvalue weighted by atomic mass is 9.80. The average molecular weight is 1010 g/mol. The second-order valence-corrected chi connectivity index (χ2v) is 20.4. The molecule has 2 aliphatic heterocycles. The van der Waals surface area contributed by atoms with Gasteiger partial charge in [-0.3, -0.25) is 23.2 Å². The van der Waals surface area contributed by atoms with Gasteiger partial charge in [-0.2, -0.15) is 4.98 Å². The highest BCUT2D eigenvalue weighted by molar-refractivity contribution is 7.51. The van der Waals surface area contributed by atoms with Gasteiger partial charge in [0, 0.05) is 42.4 Å². The first-order valence-corrected chi connectivity index (χ1v) is 26.0. The van der Waals surface area contributed by atoms with Crippen molar-refractivity contribution in [2.45, 2.75) is 89.1 Å². The molecule has 3 heterocycles. The Balaban J connectivity index is 1.16. The van der Waals surface area contributed by atoms with Gasteiger partial charge in [-0.15, -0.1) is 0 Å². The number of nitrogens with zero attached hydrogens (tertiary/aromatic N) is 4. The predicted octanol–water partition coefficient (Wildman–Crippen LogP) is 9.75. The van der Waals surface area contributed by atoms with Crippen LogP contribution in [-0.4, -0.2) is 102 Å². The molecule has 0 aliphatic carbocycles. The molecular weight excluding hydrogens is 950 g/mol. The second-order valence-electron chi connectivity index (χ2n) is 18.5. The number of ether oxygens (including phenoxy) is 5. The van der Waals surface area contributed by atoms with Gasteiger partial charge in [-0.05, 0) is 124 Å². The number of hydrogen-bond donors (Lipinski definition) is 1. The minimum absolute atomic E-state index is 0.0254. The smallest absolute Gasteiger partial charge is 0.409 e. The highest BCUT2D eigenvalue weighted by atomic mass is 31.2. The Morgan fingerprint density at radius 1 is 0.740 bits per heavy atom. The molecule has 1 aromatic heterocycles. The quantitative estimate of drug-likeness (QED) is 0.0535. The summed E-state index contributed by atoms with van der Waals surface area (Å²) >= 11 is 0. The van der Waals surface area contributed by atoms with Gasteiger partial charge in [0.05, 0.1) is 40.6 Å². The molecule has 2 saturated heterocycles. The highest BCUT2D eigenvalue weighted by Crippen LogP contribution is 2.58. The van der Waals surface area contributed by atoms with Gasteiger partial charge in [0.2, 0.25) is 0 Å². The van der Waals surface area contributed by atoms with E-state index in [1.165, 1.54) is 16.8 Å². The fourth-order valence-electron chi connectivity index (χ4n) is 9.73. The molecule has 5 aromatic carbocycles. The van der Waals surface area contributed by atoms with Crippen molar-refractivity contribution in [3.63, 3.8) is 0 Å². The number of methoxy groups -OCH3 is 3. The zero-order valence-electron chi connectivity index (χ0n) is 42.3. The number of anilines is 1. The van der Waals surface area contributed by atoms with E-state index < -0.39 is 49.4 Å².